The highest BCUT2D eigenvalue weighted by atomic mass is 32.2. The maximum atomic E-state index is 13.4. The van der Waals surface area contributed by atoms with Crippen LogP contribution in [0.25, 0.3) is 0 Å². The first-order chi connectivity index (χ1) is 10.2. The van der Waals surface area contributed by atoms with E-state index < -0.39 is 27.6 Å². The molecule has 118 valence electrons. The molecule has 1 N–H and O–H groups in total. The third-order valence-corrected chi connectivity index (χ3v) is 4.28. The molecule has 2 rings (SSSR count). The zero-order chi connectivity index (χ0) is 16.4. The molecule has 0 saturated heterocycles. The fourth-order valence-corrected chi connectivity index (χ4v) is 2.80. The Kier molecular flexibility index (Phi) is 4.52. The lowest BCUT2D eigenvalue weighted by molar-refractivity contribution is -0.140. The van der Waals surface area contributed by atoms with Gasteiger partial charge in [0.05, 0.1) is 10.5 Å². The minimum atomic E-state index is -4.79. The molecule has 0 heterocycles. The van der Waals surface area contributed by atoms with Gasteiger partial charge in [-0.05, 0) is 29.8 Å². The van der Waals surface area contributed by atoms with Gasteiger partial charge in [0.1, 0.15) is 5.82 Å². The van der Waals surface area contributed by atoms with E-state index in [1.165, 1.54) is 24.3 Å². The minimum Gasteiger partial charge on any atom is -0.207 e. The van der Waals surface area contributed by atoms with Gasteiger partial charge in [-0.15, -0.1) is 0 Å². The molecule has 0 aromatic heterocycles. The van der Waals surface area contributed by atoms with Crippen LogP contribution in [0.5, 0.6) is 0 Å². The van der Waals surface area contributed by atoms with Crippen LogP contribution >= 0.6 is 0 Å². The average molecular weight is 333 g/mol. The molecule has 0 amide bonds. The van der Waals surface area contributed by atoms with Gasteiger partial charge in [0.2, 0.25) is 10.0 Å². The number of sulfonamides is 1. The summed E-state index contributed by atoms with van der Waals surface area (Å²) >= 11 is 0. The zero-order valence-corrected chi connectivity index (χ0v) is 11.9. The second-order valence-electron chi connectivity index (χ2n) is 4.45. The molecule has 22 heavy (non-hydrogen) atoms. The lowest BCUT2D eigenvalue weighted by Crippen LogP contribution is -2.23. The van der Waals surface area contributed by atoms with Crippen LogP contribution in [-0.4, -0.2) is 8.42 Å². The molecule has 0 atom stereocenters. The Hall–Kier alpha value is -1.93. The summed E-state index contributed by atoms with van der Waals surface area (Å²) in [4.78, 5) is 0.0161. The molecule has 0 saturated carbocycles. The van der Waals surface area contributed by atoms with Crippen molar-refractivity contribution < 1.29 is 26.0 Å². The molecule has 2 aromatic rings. The van der Waals surface area contributed by atoms with E-state index in [2.05, 4.69) is 4.72 Å². The first kappa shape index (κ1) is 16.4. The topological polar surface area (TPSA) is 46.2 Å². The van der Waals surface area contributed by atoms with Gasteiger partial charge in [-0.1, -0.05) is 24.3 Å². The quantitative estimate of drug-likeness (QED) is 0.873. The molecule has 0 unspecified atom stereocenters. The van der Waals surface area contributed by atoms with Gasteiger partial charge in [0.25, 0.3) is 0 Å². The molecule has 8 heteroatoms. The van der Waals surface area contributed by atoms with E-state index in [0.29, 0.717) is 12.1 Å². The van der Waals surface area contributed by atoms with Crippen LogP contribution in [0.4, 0.5) is 17.6 Å². The molecule has 0 radical (unpaired) electrons. The number of alkyl halides is 3. The number of nitrogens with one attached hydrogen (secondary N) is 1. The van der Waals surface area contributed by atoms with Crippen molar-refractivity contribution in [2.45, 2.75) is 17.6 Å². The van der Waals surface area contributed by atoms with Gasteiger partial charge < -0.3 is 0 Å². The Morgan fingerprint density at radius 3 is 2.18 bits per heavy atom. The number of rotatable bonds is 4. The van der Waals surface area contributed by atoms with Crippen molar-refractivity contribution in [3.63, 3.8) is 0 Å². The zero-order valence-electron chi connectivity index (χ0n) is 11.1. The lowest BCUT2D eigenvalue weighted by Gasteiger charge is -2.10. The minimum absolute atomic E-state index is 0.0161. The molecule has 0 bridgehead atoms. The summed E-state index contributed by atoms with van der Waals surface area (Å²) < 4.78 is 76.7. The molecule has 0 spiro atoms. The normalized spacial score (nSPS) is 12.4. The van der Waals surface area contributed by atoms with Crippen LogP contribution in [0.1, 0.15) is 11.1 Å². The summed E-state index contributed by atoms with van der Waals surface area (Å²) in [5.41, 5.74) is -1.30. The van der Waals surface area contributed by atoms with Gasteiger partial charge in [0, 0.05) is 6.54 Å². The summed E-state index contributed by atoms with van der Waals surface area (Å²) in [5.74, 6) is -1.44. The Bertz CT molecular complexity index is 758. The second kappa shape index (κ2) is 6.05. The lowest BCUT2D eigenvalue weighted by atomic mass is 10.1. The second-order valence-corrected chi connectivity index (χ2v) is 6.22. The van der Waals surface area contributed by atoms with E-state index in [-0.39, 0.29) is 17.0 Å². The molecule has 0 aliphatic heterocycles. The van der Waals surface area contributed by atoms with Crippen LogP contribution in [-0.2, 0) is 22.7 Å². The maximum Gasteiger partial charge on any atom is 0.419 e. The molecule has 3 nitrogen and oxygen atoms in total. The van der Waals surface area contributed by atoms with Crippen molar-refractivity contribution in [3.05, 3.63) is 65.5 Å². The van der Waals surface area contributed by atoms with Crippen LogP contribution < -0.4 is 4.72 Å². The van der Waals surface area contributed by atoms with Crippen LogP contribution in [0.3, 0.4) is 0 Å². The van der Waals surface area contributed by atoms with Gasteiger partial charge in [-0.2, -0.15) is 13.2 Å². The SMILES string of the molecule is O=S(=O)(NCc1ccc(C(F)(F)F)c(F)c1)c1ccccc1. The number of benzene rings is 2. The molecule has 0 fully saturated rings. The predicted octanol–water partition coefficient (Wildman–Crippen LogP) is 3.32. The first-order valence-electron chi connectivity index (χ1n) is 6.10. The Balaban J connectivity index is 2.14. The summed E-state index contributed by atoms with van der Waals surface area (Å²) in [6, 6.07) is 9.73. The fraction of sp³-hybridized carbons (Fsp3) is 0.143. The van der Waals surface area contributed by atoms with Gasteiger partial charge in [0.15, 0.2) is 0 Å². The summed E-state index contributed by atoms with van der Waals surface area (Å²) in [6.45, 7) is -0.313. The van der Waals surface area contributed by atoms with Gasteiger partial charge in [-0.25, -0.2) is 17.5 Å². The summed E-state index contributed by atoms with van der Waals surface area (Å²) in [6.07, 6.45) is -4.79. The van der Waals surface area contributed by atoms with Crippen LogP contribution in [0.2, 0.25) is 0 Å². The van der Waals surface area contributed by atoms with Gasteiger partial charge in [-0.3, -0.25) is 0 Å². The standard InChI is InChI=1S/C14H11F4NO2S/c15-13-8-10(6-7-12(13)14(16,17)18)9-19-22(20,21)11-4-2-1-3-5-11/h1-8,19H,9H2. The van der Waals surface area contributed by atoms with Crippen molar-refractivity contribution in [1.29, 1.82) is 0 Å². The molecular weight excluding hydrogens is 322 g/mol. The van der Waals surface area contributed by atoms with Crippen molar-refractivity contribution >= 4 is 10.0 Å². The van der Waals surface area contributed by atoms with Crippen LogP contribution in [0, 0.1) is 5.82 Å². The van der Waals surface area contributed by atoms with Crippen molar-refractivity contribution in [2.24, 2.45) is 0 Å². The third-order valence-electron chi connectivity index (χ3n) is 2.86. The summed E-state index contributed by atoms with van der Waals surface area (Å²) in [7, 11) is -3.80. The number of hydrogen-bond donors (Lipinski definition) is 1. The van der Waals surface area contributed by atoms with Gasteiger partial charge >= 0.3 is 6.18 Å². The first-order valence-corrected chi connectivity index (χ1v) is 7.59. The Labute approximate surface area is 124 Å². The van der Waals surface area contributed by atoms with Crippen molar-refractivity contribution in [2.75, 3.05) is 0 Å². The molecule has 0 aliphatic rings. The highest BCUT2D eigenvalue weighted by Crippen LogP contribution is 2.31. The van der Waals surface area contributed by atoms with Crippen molar-refractivity contribution in [3.8, 4) is 0 Å². The van der Waals surface area contributed by atoms with Crippen LogP contribution in [0.15, 0.2) is 53.4 Å². The monoisotopic (exact) mass is 333 g/mol. The molecule has 2 aromatic carbocycles. The fourth-order valence-electron chi connectivity index (χ4n) is 1.76. The molecular formula is C14H11F4NO2S. The van der Waals surface area contributed by atoms with E-state index >= 15 is 0 Å². The largest absolute Gasteiger partial charge is 0.419 e. The van der Waals surface area contributed by atoms with E-state index in [9.17, 15) is 26.0 Å². The Morgan fingerprint density at radius 1 is 1.00 bits per heavy atom. The van der Waals surface area contributed by atoms with E-state index in [1.807, 2.05) is 0 Å². The number of hydrogen-bond acceptors (Lipinski definition) is 2. The molecule has 0 aliphatic carbocycles. The van der Waals surface area contributed by atoms with E-state index in [4.69, 9.17) is 0 Å². The van der Waals surface area contributed by atoms with E-state index in [0.717, 1.165) is 6.07 Å². The highest BCUT2D eigenvalue weighted by molar-refractivity contribution is 7.89. The average Bonchev–Trinajstić information content (AvgIpc) is 2.45. The predicted molar refractivity (Wildman–Crippen MR) is 71.9 cm³/mol. The Morgan fingerprint density at radius 2 is 1.64 bits per heavy atom. The summed E-state index contributed by atoms with van der Waals surface area (Å²) in [5, 5.41) is 0. The third kappa shape index (κ3) is 3.83. The van der Waals surface area contributed by atoms with Crippen molar-refractivity contribution in [1.82, 2.24) is 4.72 Å². The number of halogens is 4. The van der Waals surface area contributed by atoms with E-state index in [1.54, 1.807) is 6.07 Å². The highest BCUT2D eigenvalue weighted by Gasteiger charge is 2.33. The maximum absolute atomic E-state index is 13.4. The smallest absolute Gasteiger partial charge is 0.207 e.